The average molecular weight is 308 g/mol. The van der Waals surface area contributed by atoms with Crippen LogP contribution in [-0.2, 0) is 11.3 Å². The lowest BCUT2D eigenvalue weighted by Crippen LogP contribution is -2.32. The Morgan fingerprint density at radius 2 is 1.86 bits per heavy atom. The van der Waals surface area contributed by atoms with E-state index in [-0.39, 0.29) is 24.0 Å². The zero-order valence-electron chi connectivity index (χ0n) is 11.6. The number of carbonyl (C=O) groups excluding carboxylic acids is 1. The summed E-state index contributed by atoms with van der Waals surface area (Å²) >= 11 is 5.63. The molecule has 3 nitrogen and oxygen atoms in total. The van der Waals surface area contributed by atoms with E-state index in [0.29, 0.717) is 0 Å². The number of hydrogen-bond donors (Lipinski definition) is 0. The monoisotopic (exact) mass is 307 g/mol. The minimum absolute atomic E-state index is 0.204. The predicted molar refractivity (Wildman–Crippen MR) is 81.3 cm³/mol. The molecule has 0 bridgehead atoms. The lowest BCUT2D eigenvalue weighted by atomic mass is 10.2. The number of halogens is 2. The fourth-order valence-electron chi connectivity index (χ4n) is 1.96. The van der Waals surface area contributed by atoms with Gasteiger partial charge in [-0.25, -0.2) is 4.39 Å². The first-order chi connectivity index (χ1) is 10.2. The Bertz CT molecular complexity index is 616. The summed E-state index contributed by atoms with van der Waals surface area (Å²) in [6, 6.07) is 13.4. The molecule has 1 amide bonds. The highest BCUT2D eigenvalue weighted by Crippen LogP contribution is 2.22. The van der Waals surface area contributed by atoms with E-state index in [1.807, 2.05) is 12.1 Å². The number of hydrogen-bond acceptors (Lipinski definition) is 2. The molecule has 0 aliphatic rings. The second-order valence-corrected chi connectivity index (χ2v) is 4.68. The van der Waals surface area contributed by atoms with Gasteiger partial charge in [0.05, 0.1) is 19.3 Å². The van der Waals surface area contributed by atoms with Crippen LogP contribution in [0.1, 0.15) is 5.56 Å². The van der Waals surface area contributed by atoms with Crippen LogP contribution in [-0.4, -0.2) is 18.9 Å². The average Bonchev–Trinajstić information content (AvgIpc) is 2.53. The minimum Gasteiger partial charge on any atom is -0.497 e. The van der Waals surface area contributed by atoms with Gasteiger partial charge in [-0.2, -0.15) is 0 Å². The van der Waals surface area contributed by atoms with Gasteiger partial charge in [-0.05, 0) is 29.8 Å². The summed E-state index contributed by atoms with van der Waals surface area (Å²) in [4.78, 5) is 13.3. The summed E-state index contributed by atoms with van der Waals surface area (Å²) in [7, 11) is 1.58. The number of nitrogens with zero attached hydrogens (tertiary/aromatic N) is 1. The zero-order valence-corrected chi connectivity index (χ0v) is 12.3. The minimum atomic E-state index is -0.454. The molecule has 0 radical (unpaired) electrons. The predicted octanol–water partition coefficient (Wildman–Crippen LogP) is 3.61. The van der Waals surface area contributed by atoms with E-state index in [9.17, 15) is 9.18 Å². The Kier molecular flexibility index (Phi) is 5.17. The van der Waals surface area contributed by atoms with Crippen molar-refractivity contribution in [3.63, 3.8) is 0 Å². The van der Waals surface area contributed by atoms with Crippen LogP contribution in [0.2, 0.25) is 0 Å². The van der Waals surface area contributed by atoms with Gasteiger partial charge in [-0.15, -0.1) is 11.6 Å². The molecule has 2 rings (SSSR count). The number of rotatable bonds is 5. The van der Waals surface area contributed by atoms with E-state index in [2.05, 4.69) is 0 Å². The maximum atomic E-state index is 13.9. The lowest BCUT2D eigenvalue weighted by molar-refractivity contribution is -0.116. The first kappa shape index (κ1) is 15.3. The number of ether oxygens (including phenoxy) is 1. The molecular formula is C16H15ClFNO2. The summed E-state index contributed by atoms with van der Waals surface area (Å²) in [5.74, 6) is -0.285. The van der Waals surface area contributed by atoms with Gasteiger partial charge >= 0.3 is 0 Å². The number of anilines is 1. The molecule has 0 saturated carbocycles. The molecule has 0 N–H and O–H groups in total. The second-order valence-electron chi connectivity index (χ2n) is 4.41. The van der Waals surface area contributed by atoms with Crippen molar-refractivity contribution in [3.05, 3.63) is 59.9 Å². The van der Waals surface area contributed by atoms with Gasteiger partial charge in [0.15, 0.2) is 0 Å². The summed E-state index contributed by atoms with van der Waals surface area (Å²) in [6.45, 7) is 0.247. The molecule has 0 spiro atoms. The molecule has 110 valence electrons. The number of benzene rings is 2. The Labute approximate surface area is 127 Å². The number of carbonyl (C=O) groups is 1. The summed E-state index contributed by atoms with van der Waals surface area (Å²) < 4.78 is 19.0. The topological polar surface area (TPSA) is 29.5 Å². The van der Waals surface area contributed by atoms with Crippen LogP contribution in [0.25, 0.3) is 0 Å². The van der Waals surface area contributed by atoms with Crippen LogP contribution < -0.4 is 9.64 Å². The van der Waals surface area contributed by atoms with Crippen molar-refractivity contribution in [2.45, 2.75) is 6.54 Å². The van der Waals surface area contributed by atoms with Gasteiger partial charge in [0.2, 0.25) is 5.91 Å². The summed E-state index contributed by atoms with van der Waals surface area (Å²) in [5, 5.41) is 0. The third-order valence-electron chi connectivity index (χ3n) is 3.06. The third kappa shape index (κ3) is 3.73. The lowest BCUT2D eigenvalue weighted by Gasteiger charge is -2.22. The van der Waals surface area contributed by atoms with Crippen LogP contribution >= 0.6 is 11.6 Å². The van der Waals surface area contributed by atoms with E-state index in [4.69, 9.17) is 16.3 Å². The first-order valence-corrected chi connectivity index (χ1v) is 6.93. The molecule has 2 aromatic rings. The van der Waals surface area contributed by atoms with E-state index in [1.165, 1.54) is 11.0 Å². The second kappa shape index (κ2) is 7.09. The Hall–Kier alpha value is -2.07. The molecule has 0 aliphatic heterocycles. The smallest absolute Gasteiger partial charge is 0.242 e. The molecule has 0 fully saturated rings. The van der Waals surface area contributed by atoms with Gasteiger partial charge in [0.25, 0.3) is 0 Å². The van der Waals surface area contributed by atoms with Crippen LogP contribution in [0, 0.1) is 5.82 Å². The normalized spacial score (nSPS) is 10.2. The van der Waals surface area contributed by atoms with Crippen LogP contribution in [0.15, 0.2) is 48.5 Å². The highest BCUT2D eigenvalue weighted by atomic mass is 35.5. The van der Waals surface area contributed by atoms with Crippen molar-refractivity contribution in [2.75, 3.05) is 17.9 Å². The SMILES string of the molecule is COc1ccc(CN(C(=O)CCl)c2ccccc2F)cc1. The molecule has 21 heavy (non-hydrogen) atoms. The molecular weight excluding hydrogens is 293 g/mol. The molecule has 0 saturated heterocycles. The molecule has 0 aliphatic carbocycles. The first-order valence-electron chi connectivity index (χ1n) is 6.39. The van der Waals surface area contributed by atoms with Gasteiger partial charge < -0.3 is 9.64 Å². The molecule has 5 heteroatoms. The number of alkyl halides is 1. The summed E-state index contributed by atoms with van der Waals surface area (Å²) in [5.41, 5.74) is 1.08. The van der Waals surface area contributed by atoms with Crippen LogP contribution in [0.5, 0.6) is 5.75 Å². The van der Waals surface area contributed by atoms with Gasteiger partial charge in [-0.1, -0.05) is 24.3 Å². The Balaban J connectivity index is 2.28. The van der Waals surface area contributed by atoms with Gasteiger partial charge in [0, 0.05) is 0 Å². The third-order valence-corrected chi connectivity index (χ3v) is 3.29. The fourth-order valence-corrected chi connectivity index (χ4v) is 2.11. The van der Waals surface area contributed by atoms with Crippen LogP contribution in [0.3, 0.4) is 0 Å². The fraction of sp³-hybridized carbons (Fsp3) is 0.188. The molecule has 0 heterocycles. The Morgan fingerprint density at radius 3 is 2.43 bits per heavy atom. The van der Waals surface area contributed by atoms with Gasteiger partial charge in [-0.3, -0.25) is 4.79 Å². The highest BCUT2D eigenvalue weighted by Gasteiger charge is 2.18. The van der Waals surface area contributed by atoms with E-state index in [1.54, 1.807) is 37.4 Å². The van der Waals surface area contributed by atoms with E-state index < -0.39 is 5.82 Å². The largest absolute Gasteiger partial charge is 0.497 e. The van der Waals surface area contributed by atoms with Crippen molar-refractivity contribution in [3.8, 4) is 5.75 Å². The number of para-hydroxylation sites is 1. The number of amides is 1. The molecule has 0 atom stereocenters. The highest BCUT2D eigenvalue weighted by molar-refractivity contribution is 6.29. The van der Waals surface area contributed by atoms with E-state index >= 15 is 0 Å². The van der Waals surface area contributed by atoms with Gasteiger partial charge in [0.1, 0.15) is 17.4 Å². The van der Waals surface area contributed by atoms with Crippen molar-refractivity contribution < 1.29 is 13.9 Å². The molecule has 0 aromatic heterocycles. The quantitative estimate of drug-likeness (QED) is 0.790. The summed E-state index contributed by atoms with van der Waals surface area (Å²) in [6.07, 6.45) is 0. The van der Waals surface area contributed by atoms with Crippen molar-refractivity contribution >= 4 is 23.2 Å². The van der Waals surface area contributed by atoms with E-state index in [0.717, 1.165) is 11.3 Å². The maximum Gasteiger partial charge on any atom is 0.242 e. The molecule has 2 aromatic carbocycles. The van der Waals surface area contributed by atoms with Crippen molar-refractivity contribution in [1.29, 1.82) is 0 Å². The van der Waals surface area contributed by atoms with Crippen molar-refractivity contribution in [1.82, 2.24) is 0 Å². The maximum absolute atomic E-state index is 13.9. The standard InChI is InChI=1S/C16H15ClFNO2/c1-21-13-8-6-12(7-9-13)11-19(16(20)10-17)15-5-3-2-4-14(15)18/h2-9H,10-11H2,1H3. The Morgan fingerprint density at radius 1 is 1.19 bits per heavy atom. The van der Waals surface area contributed by atoms with Crippen LogP contribution in [0.4, 0.5) is 10.1 Å². The molecule has 0 unspecified atom stereocenters. The zero-order chi connectivity index (χ0) is 15.2. The number of methoxy groups -OCH3 is 1. The van der Waals surface area contributed by atoms with Crippen molar-refractivity contribution in [2.24, 2.45) is 0 Å².